The van der Waals surface area contributed by atoms with Crippen molar-refractivity contribution >= 4 is 40.4 Å². The zero-order valence-electron chi connectivity index (χ0n) is 18.0. The topological polar surface area (TPSA) is 109 Å². The quantitative estimate of drug-likeness (QED) is 0.506. The number of fused-ring (bicyclic) bond motifs is 2. The number of amides is 2. The highest BCUT2D eigenvalue weighted by Crippen LogP contribution is 2.40. The third-order valence-electron chi connectivity index (χ3n) is 5.77. The Balaban J connectivity index is 1.30. The van der Waals surface area contributed by atoms with Crippen molar-refractivity contribution in [2.24, 2.45) is 0 Å². The van der Waals surface area contributed by atoms with Crippen LogP contribution >= 0.6 is 11.8 Å². The van der Waals surface area contributed by atoms with E-state index in [0.29, 0.717) is 22.6 Å². The molecule has 2 aliphatic rings. The second kappa shape index (κ2) is 9.18. The van der Waals surface area contributed by atoms with Gasteiger partial charge in [0.15, 0.2) is 0 Å². The van der Waals surface area contributed by atoms with Crippen LogP contribution in [0.4, 0.5) is 0 Å². The van der Waals surface area contributed by atoms with Crippen molar-refractivity contribution in [3.63, 3.8) is 0 Å². The average molecular weight is 476 g/mol. The number of aliphatic carboxylic acids is 1. The summed E-state index contributed by atoms with van der Waals surface area (Å²) in [5.74, 6) is -0.978. The van der Waals surface area contributed by atoms with Gasteiger partial charge in [-0.3, -0.25) is 19.5 Å². The van der Waals surface area contributed by atoms with Gasteiger partial charge in [-0.2, -0.15) is 0 Å². The molecule has 1 fully saturated rings. The number of thioether (sulfide) groups is 1. The number of β-lactam (4-membered cyclic amide) rings is 1. The van der Waals surface area contributed by atoms with Gasteiger partial charge >= 0.3 is 5.97 Å². The lowest BCUT2D eigenvalue weighted by atomic mass is 10.0. The zero-order chi connectivity index (χ0) is 23.7. The monoisotopic (exact) mass is 475 g/mol. The fourth-order valence-electron chi connectivity index (χ4n) is 4.16. The molecule has 0 aliphatic carbocycles. The maximum absolute atomic E-state index is 12.8. The third-order valence-corrected chi connectivity index (χ3v) is 7.11. The molecule has 2 N–H and O–H groups in total. The van der Waals surface area contributed by atoms with Crippen molar-refractivity contribution < 1.29 is 24.2 Å². The van der Waals surface area contributed by atoms with Crippen molar-refractivity contribution in [2.75, 3.05) is 12.4 Å². The molecule has 0 radical (unpaired) electrons. The van der Waals surface area contributed by atoms with Crippen LogP contribution in [0.5, 0.6) is 5.75 Å². The Labute approximate surface area is 199 Å². The number of carbonyl (C=O) groups excluding carboxylic acids is 2. The Bertz CT molecular complexity index is 1300. The predicted octanol–water partition coefficient (Wildman–Crippen LogP) is 2.59. The van der Waals surface area contributed by atoms with E-state index >= 15 is 0 Å². The number of hydrogen-bond donors (Lipinski definition) is 2. The van der Waals surface area contributed by atoms with Crippen LogP contribution in [0.15, 0.2) is 78.1 Å². The second-order valence-electron chi connectivity index (χ2n) is 7.99. The molecule has 9 heteroatoms. The Kier molecular flexibility index (Phi) is 5.93. The molecule has 1 saturated heterocycles. The summed E-state index contributed by atoms with van der Waals surface area (Å²) in [4.78, 5) is 43.0. The van der Waals surface area contributed by atoms with Gasteiger partial charge in [0.05, 0.1) is 6.42 Å². The maximum atomic E-state index is 12.8. The largest absolute Gasteiger partial charge is 0.487 e. The highest BCUT2D eigenvalue weighted by molar-refractivity contribution is 8.00. The van der Waals surface area contributed by atoms with E-state index in [1.54, 1.807) is 12.3 Å². The van der Waals surface area contributed by atoms with E-state index in [1.807, 2.05) is 54.6 Å². The number of ether oxygens (including phenoxy) is 1. The number of carbonyl (C=O) groups is 3. The first-order chi connectivity index (χ1) is 16.5. The number of rotatable bonds is 7. The number of aromatic nitrogens is 1. The highest BCUT2D eigenvalue weighted by Gasteiger charge is 2.54. The van der Waals surface area contributed by atoms with E-state index in [1.165, 1.54) is 16.7 Å². The molecule has 3 aromatic rings. The number of hydrogen-bond acceptors (Lipinski definition) is 6. The van der Waals surface area contributed by atoms with E-state index in [-0.39, 0.29) is 24.6 Å². The van der Waals surface area contributed by atoms with Crippen molar-refractivity contribution in [2.45, 2.75) is 17.8 Å². The first kappa shape index (κ1) is 22.0. The number of carboxylic acids is 1. The lowest BCUT2D eigenvalue weighted by Gasteiger charge is -2.49. The zero-order valence-corrected chi connectivity index (χ0v) is 18.8. The molecular weight excluding hydrogens is 454 g/mol. The van der Waals surface area contributed by atoms with Gasteiger partial charge in [0.25, 0.3) is 5.91 Å². The van der Waals surface area contributed by atoms with Crippen LogP contribution in [0.1, 0.15) is 5.56 Å². The van der Waals surface area contributed by atoms with Crippen LogP contribution in [-0.2, 0) is 20.8 Å². The number of para-hydroxylation sites is 1. The van der Waals surface area contributed by atoms with Crippen LogP contribution < -0.4 is 10.1 Å². The number of benzene rings is 2. The van der Waals surface area contributed by atoms with Crippen molar-refractivity contribution in [1.82, 2.24) is 15.2 Å². The van der Waals surface area contributed by atoms with Gasteiger partial charge in [0, 0.05) is 22.9 Å². The van der Waals surface area contributed by atoms with Gasteiger partial charge in [-0.25, -0.2) is 4.79 Å². The molecule has 0 saturated carbocycles. The molecule has 2 atom stereocenters. The summed E-state index contributed by atoms with van der Waals surface area (Å²) in [5, 5.41) is 13.1. The van der Waals surface area contributed by atoms with Crippen molar-refractivity contribution in [1.29, 1.82) is 0 Å². The van der Waals surface area contributed by atoms with Gasteiger partial charge < -0.3 is 15.2 Å². The van der Waals surface area contributed by atoms with Crippen LogP contribution in [0.3, 0.4) is 0 Å². The number of nitrogens with zero attached hydrogens (tertiary/aromatic N) is 2. The fourth-order valence-corrected chi connectivity index (χ4v) is 5.48. The molecular formula is C25H21N3O5S. The molecule has 5 rings (SSSR count). The molecule has 2 aliphatic heterocycles. The van der Waals surface area contributed by atoms with Gasteiger partial charge in [-0.1, -0.05) is 48.5 Å². The molecule has 1 aromatic heterocycles. The molecule has 2 unspecified atom stereocenters. The Morgan fingerprint density at radius 1 is 1.12 bits per heavy atom. The molecule has 34 heavy (non-hydrogen) atoms. The van der Waals surface area contributed by atoms with Crippen LogP contribution in [0, 0.1) is 0 Å². The Morgan fingerprint density at radius 3 is 2.71 bits per heavy atom. The first-order valence-electron chi connectivity index (χ1n) is 10.7. The molecule has 0 bridgehead atoms. The summed E-state index contributed by atoms with van der Waals surface area (Å²) in [6.07, 6.45) is 1.82. The summed E-state index contributed by atoms with van der Waals surface area (Å²) >= 11 is 1.41. The third kappa shape index (κ3) is 4.10. The SMILES string of the molecule is O=C(Cc1ccccc1)NC1C(=O)N2C(C(=O)O)=C(COc3cccc4cccnc34)CSC12. The lowest BCUT2D eigenvalue weighted by molar-refractivity contribution is -0.150. The van der Waals surface area contributed by atoms with E-state index in [9.17, 15) is 19.5 Å². The maximum Gasteiger partial charge on any atom is 0.352 e. The van der Waals surface area contributed by atoms with E-state index in [0.717, 1.165) is 10.9 Å². The molecule has 2 aromatic carbocycles. The molecule has 172 valence electrons. The second-order valence-corrected chi connectivity index (χ2v) is 9.10. The number of pyridine rings is 1. The minimum Gasteiger partial charge on any atom is -0.487 e. The average Bonchev–Trinajstić information content (AvgIpc) is 2.85. The van der Waals surface area contributed by atoms with Crippen LogP contribution in [-0.4, -0.2) is 56.5 Å². The first-order valence-corrected chi connectivity index (χ1v) is 11.8. The van der Waals surface area contributed by atoms with Crippen LogP contribution in [0.25, 0.3) is 10.9 Å². The fraction of sp³-hybridized carbons (Fsp3) is 0.200. The number of carboxylic acid groups (broad SMARTS) is 1. The Hall–Kier alpha value is -3.85. The van der Waals surface area contributed by atoms with Crippen molar-refractivity contribution in [3.8, 4) is 5.75 Å². The minimum atomic E-state index is -1.19. The summed E-state index contributed by atoms with van der Waals surface area (Å²) < 4.78 is 5.94. The Morgan fingerprint density at radius 2 is 1.91 bits per heavy atom. The van der Waals surface area contributed by atoms with Crippen LogP contribution in [0.2, 0.25) is 0 Å². The summed E-state index contributed by atoms with van der Waals surface area (Å²) in [6.45, 7) is 0.0197. The van der Waals surface area contributed by atoms with E-state index in [2.05, 4.69) is 10.3 Å². The minimum absolute atomic E-state index is 0.0197. The summed E-state index contributed by atoms with van der Waals surface area (Å²) in [7, 11) is 0. The van der Waals surface area contributed by atoms with Gasteiger partial charge in [-0.15, -0.1) is 11.8 Å². The number of nitrogens with one attached hydrogen (secondary N) is 1. The predicted molar refractivity (Wildman–Crippen MR) is 127 cm³/mol. The highest BCUT2D eigenvalue weighted by atomic mass is 32.2. The normalized spacial score (nSPS) is 19.4. The van der Waals surface area contributed by atoms with Gasteiger partial charge in [0.1, 0.15) is 35.0 Å². The summed E-state index contributed by atoms with van der Waals surface area (Å²) in [6, 6.07) is 17.8. The van der Waals surface area contributed by atoms with Gasteiger partial charge in [0.2, 0.25) is 5.91 Å². The van der Waals surface area contributed by atoms with E-state index < -0.39 is 23.3 Å². The molecule has 2 amide bonds. The molecule has 3 heterocycles. The molecule has 0 spiro atoms. The van der Waals surface area contributed by atoms with Gasteiger partial charge in [-0.05, 0) is 17.7 Å². The lowest BCUT2D eigenvalue weighted by Crippen LogP contribution is -2.70. The van der Waals surface area contributed by atoms with Crippen molar-refractivity contribution in [3.05, 3.63) is 83.7 Å². The smallest absolute Gasteiger partial charge is 0.352 e. The molecule has 8 nitrogen and oxygen atoms in total. The summed E-state index contributed by atoms with van der Waals surface area (Å²) in [5.41, 5.74) is 1.96. The standard InChI is InChI=1S/C25H21N3O5S/c29-19(12-15-6-2-1-3-7-15)27-21-23(30)28-22(25(31)32)17(14-34-24(21)28)13-33-18-10-4-8-16-9-5-11-26-20(16)18/h1-11,21,24H,12-14H2,(H,27,29)(H,31,32). The van der Waals surface area contributed by atoms with E-state index in [4.69, 9.17) is 4.74 Å².